The van der Waals surface area contributed by atoms with Crippen molar-refractivity contribution in [2.24, 2.45) is 0 Å². The monoisotopic (exact) mass is 343 g/mol. The molecule has 136 valence electrons. The summed E-state index contributed by atoms with van der Waals surface area (Å²) in [6, 6.07) is 8.61. The zero-order valence-electron chi connectivity index (χ0n) is 15.2. The van der Waals surface area contributed by atoms with Crippen LogP contribution in [0.2, 0.25) is 0 Å². The van der Waals surface area contributed by atoms with Gasteiger partial charge in [0, 0.05) is 38.6 Å². The molecule has 1 aliphatic carbocycles. The average Bonchev–Trinajstić information content (AvgIpc) is 3.14. The van der Waals surface area contributed by atoms with Crippen LogP contribution in [0.3, 0.4) is 0 Å². The van der Waals surface area contributed by atoms with Crippen molar-refractivity contribution in [1.29, 1.82) is 0 Å². The number of aryl methyl sites for hydroxylation is 2. The average molecular weight is 343 g/mol. The summed E-state index contributed by atoms with van der Waals surface area (Å²) in [4.78, 5) is 28.5. The van der Waals surface area contributed by atoms with Gasteiger partial charge in [0.25, 0.3) is 0 Å². The van der Waals surface area contributed by atoms with E-state index in [9.17, 15) is 9.59 Å². The maximum Gasteiger partial charge on any atom is 0.317 e. The smallest absolute Gasteiger partial charge is 0.317 e. The number of rotatable bonds is 4. The van der Waals surface area contributed by atoms with Gasteiger partial charge in [-0.1, -0.05) is 37.1 Å². The van der Waals surface area contributed by atoms with Crippen LogP contribution in [0.15, 0.2) is 24.3 Å². The van der Waals surface area contributed by atoms with Gasteiger partial charge in [0.05, 0.1) is 0 Å². The summed E-state index contributed by atoms with van der Waals surface area (Å²) >= 11 is 0. The molecule has 3 amide bonds. The van der Waals surface area contributed by atoms with Gasteiger partial charge < -0.3 is 15.1 Å². The summed E-state index contributed by atoms with van der Waals surface area (Å²) in [5.41, 5.74) is 2.48. The minimum Gasteiger partial charge on any atom is -0.339 e. The Kier molecular flexibility index (Phi) is 5.95. The second-order valence-electron chi connectivity index (χ2n) is 7.23. The standard InChI is InChI=1S/C20H29N3O2/c1-16-6-2-3-7-17(16)10-11-19(24)22-12-14-23(15-13-22)20(25)21-18-8-4-5-9-18/h2-3,6-7,18H,4-5,8-15H2,1H3,(H,21,25). The van der Waals surface area contributed by atoms with Gasteiger partial charge in [-0.05, 0) is 37.3 Å². The van der Waals surface area contributed by atoms with Crippen molar-refractivity contribution in [3.05, 3.63) is 35.4 Å². The van der Waals surface area contributed by atoms with Crippen LogP contribution in [0.25, 0.3) is 0 Å². The minimum absolute atomic E-state index is 0.0407. The van der Waals surface area contributed by atoms with Crippen molar-refractivity contribution in [3.8, 4) is 0 Å². The van der Waals surface area contributed by atoms with Crippen LogP contribution in [0.4, 0.5) is 4.79 Å². The molecule has 3 rings (SSSR count). The fourth-order valence-electron chi connectivity index (χ4n) is 3.79. The Morgan fingerprint density at radius 3 is 2.36 bits per heavy atom. The van der Waals surface area contributed by atoms with E-state index in [1.54, 1.807) is 0 Å². The SMILES string of the molecule is Cc1ccccc1CCC(=O)N1CCN(C(=O)NC2CCCC2)CC1. The molecule has 0 unspecified atom stereocenters. The normalized spacial score (nSPS) is 18.4. The number of carbonyl (C=O) groups excluding carboxylic acids is 2. The van der Waals surface area contributed by atoms with Gasteiger partial charge in [-0.15, -0.1) is 0 Å². The summed E-state index contributed by atoms with van der Waals surface area (Å²) in [5, 5.41) is 3.13. The first-order chi connectivity index (χ1) is 12.1. The van der Waals surface area contributed by atoms with Gasteiger partial charge in [0.1, 0.15) is 0 Å². The van der Waals surface area contributed by atoms with Crippen LogP contribution in [0, 0.1) is 6.92 Å². The molecule has 0 radical (unpaired) electrons. The van der Waals surface area contributed by atoms with Crippen molar-refractivity contribution in [2.75, 3.05) is 26.2 Å². The van der Waals surface area contributed by atoms with E-state index in [1.165, 1.54) is 24.0 Å². The number of amides is 3. The summed E-state index contributed by atoms with van der Waals surface area (Å²) in [6.07, 6.45) is 5.96. The van der Waals surface area contributed by atoms with Gasteiger partial charge in [0.2, 0.25) is 5.91 Å². The van der Waals surface area contributed by atoms with E-state index in [4.69, 9.17) is 0 Å². The Balaban J connectivity index is 1.41. The number of benzene rings is 1. The van der Waals surface area contributed by atoms with E-state index >= 15 is 0 Å². The maximum absolute atomic E-state index is 12.4. The first-order valence-corrected chi connectivity index (χ1v) is 9.51. The second-order valence-corrected chi connectivity index (χ2v) is 7.23. The van der Waals surface area contributed by atoms with Crippen LogP contribution < -0.4 is 5.32 Å². The molecular weight excluding hydrogens is 314 g/mol. The van der Waals surface area contributed by atoms with Gasteiger partial charge in [-0.25, -0.2) is 4.79 Å². The Hall–Kier alpha value is -2.04. The molecule has 1 aromatic carbocycles. The molecule has 0 bridgehead atoms. The predicted octanol–water partition coefficient (Wildman–Crippen LogP) is 2.72. The molecule has 1 N–H and O–H groups in total. The summed E-state index contributed by atoms with van der Waals surface area (Å²) in [7, 11) is 0. The fraction of sp³-hybridized carbons (Fsp3) is 0.600. The van der Waals surface area contributed by atoms with E-state index in [0.29, 0.717) is 38.6 Å². The molecule has 1 heterocycles. The zero-order chi connectivity index (χ0) is 17.6. The number of piperazine rings is 1. The van der Waals surface area contributed by atoms with Crippen LogP contribution in [-0.2, 0) is 11.2 Å². The van der Waals surface area contributed by atoms with Crippen LogP contribution in [-0.4, -0.2) is 54.0 Å². The van der Waals surface area contributed by atoms with Crippen molar-refractivity contribution >= 4 is 11.9 Å². The van der Waals surface area contributed by atoms with Crippen LogP contribution in [0.1, 0.15) is 43.2 Å². The van der Waals surface area contributed by atoms with E-state index in [1.807, 2.05) is 21.9 Å². The molecule has 5 nitrogen and oxygen atoms in total. The highest BCUT2D eigenvalue weighted by atomic mass is 16.2. The van der Waals surface area contributed by atoms with E-state index in [0.717, 1.165) is 19.3 Å². The maximum atomic E-state index is 12.4. The molecule has 2 fully saturated rings. The number of nitrogens with one attached hydrogen (secondary N) is 1. The number of hydrogen-bond acceptors (Lipinski definition) is 2. The minimum atomic E-state index is 0.0407. The number of nitrogens with zero attached hydrogens (tertiary/aromatic N) is 2. The third-order valence-electron chi connectivity index (χ3n) is 5.47. The molecule has 1 aliphatic heterocycles. The van der Waals surface area contributed by atoms with Gasteiger partial charge in [-0.3, -0.25) is 4.79 Å². The first-order valence-electron chi connectivity index (χ1n) is 9.51. The molecule has 1 saturated carbocycles. The Bertz CT molecular complexity index is 603. The summed E-state index contributed by atoms with van der Waals surface area (Å²) in [5.74, 6) is 0.194. The van der Waals surface area contributed by atoms with Crippen molar-refractivity contribution in [2.45, 2.75) is 51.5 Å². The molecule has 1 saturated heterocycles. The van der Waals surface area contributed by atoms with E-state index in [2.05, 4.69) is 24.4 Å². The summed E-state index contributed by atoms with van der Waals surface area (Å²) < 4.78 is 0. The Morgan fingerprint density at radius 2 is 1.68 bits per heavy atom. The van der Waals surface area contributed by atoms with Crippen molar-refractivity contribution in [3.63, 3.8) is 0 Å². The van der Waals surface area contributed by atoms with E-state index < -0.39 is 0 Å². The summed E-state index contributed by atoms with van der Waals surface area (Å²) in [6.45, 7) is 4.64. The lowest BCUT2D eigenvalue weighted by atomic mass is 10.0. The zero-order valence-corrected chi connectivity index (χ0v) is 15.2. The highest BCUT2D eigenvalue weighted by molar-refractivity contribution is 5.78. The lowest BCUT2D eigenvalue weighted by Crippen LogP contribution is -2.54. The largest absolute Gasteiger partial charge is 0.339 e. The van der Waals surface area contributed by atoms with Crippen molar-refractivity contribution < 1.29 is 9.59 Å². The molecule has 1 aromatic rings. The van der Waals surface area contributed by atoms with Gasteiger partial charge >= 0.3 is 6.03 Å². The number of urea groups is 1. The molecule has 25 heavy (non-hydrogen) atoms. The quantitative estimate of drug-likeness (QED) is 0.914. The molecule has 5 heteroatoms. The third-order valence-corrected chi connectivity index (χ3v) is 5.47. The first kappa shape index (κ1) is 17.8. The van der Waals surface area contributed by atoms with Gasteiger partial charge in [-0.2, -0.15) is 0 Å². The fourth-order valence-corrected chi connectivity index (χ4v) is 3.79. The van der Waals surface area contributed by atoms with Gasteiger partial charge in [0.15, 0.2) is 0 Å². The van der Waals surface area contributed by atoms with Crippen molar-refractivity contribution in [1.82, 2.24) is 15.1 Å². The molecule has 2 aliphatic rings. The highest BCUT2D eigenvalue weighted by Gasteiger charge is 2.26. The van der Waals surface area contributed by atoms with E-state index in [-0.39, 0.29) is 11.9 Å². The van der Waals surface area contributed by atoms with Crippen LogP contribution >= 0.6 is 0 Å². The number of hydrogen-bond donors (Lipinski definition) is 1. The Labute approximate surface area is 150 Å². The second kappa shape index (κ2) is 8.37. The third kappa shape index (κ3) is 4.74. The molecule has 0 aromatic heterocycles. The number of carbonyl (C=O) groups is 2. The Morgan fingerprint density at radius 1 is 1.04 bits per heavy atom. The topological polar surface area (TPSA) is 52.7 Å². The molecule has 0 spiro atoms. The lowest BCUT2D eigenvalue weighted by Gasteiger charge is -2.35. The molecule has 0 atom stereocenters. The lowest BCUT2D eigenvalue weighted by molar-refractivity contribution is -0.132. The van der Waals surface area contributed by atoms with Crippen LogP contribution in [0.5, 0.6) is 0 Å². The highest BCUT2D eigenvalue weighted by Crippen LogP contribution is 2.18. The molecular formula is C20H29N3O2. The predicted molar refractivity (Wildman–Crippen MR) is 98.4 cm³/mol.